The van der Waals surface area contributed by atoms with E-state index in [1.807, 2.05) is 0 Å². The van der Waals surface area contributed by atoms with Crippen molar-refractivity contribution >= 4 is 40.9 Å². The Kier molecular flexibility index (Phi) is 5.69. The lowest BCUT2D eigenvalue weighted by molar-refractivity contribution is -0.112. The van der Waals surface area contributed by atoms with Crippen LogP contribution in [0.5, 0.6) is 11.5 Å². The van der Waals surface area contributed by atoms with Crippen LogP contribution < -0.4 is 10.1 Å². The van der Waals surface area contributed by atoms with Gasteiger partial charge in [0.2, 0.25) is 0 Å². The summed E-state index contributed by atoms with van der Waals surface area (Å²) in [6, 6.07) is 10.8. The van der Waals surface area contributed by atoms with Crippen molar-refractivity contribution in [1.82, 2.24) is 0 Å². The van der Waals surface area contributed by atoms with Gasteiger partial charge in [0.25, 0.3) is 5.91 Å². The first kappa shape index (κ1) is 17.7. The lowest BCUT2D eigenvalue weighted by Crippen LogP contribution is -2.13. The molecule has 122 valence electrons. The second kappa shape index (κ2) is 7.73. The first-order chi connectivity index (χ1) is 11.4. The molecule has 0 aliphatic carbocycles. The molecule has 1 amide bonds. The van der Waals surface area contributed by atoms with E-state index in [4.69, 9.17) is 27.9 Å². The SMILES string of the molecule is COc1ccc(O)c(/C=C(\C#N)C(=O)Nc2cc(Cl)ccc2Cl)c1. The molecular formula is C17H12Cl2N2O3. The fourth-order valence-corrected chi connectivity index (χ4v) is 2.20. The fourth-order valence-electron chi connectivity index (χ4n) is 1.86. The highest BCUT2D eigenvalue weighted by Crippen LogP contribution is 2.27. The third kappa shape index (κ3) is 4.19. The third-order valence-corrected chi connectivity index (χ3v) is 3.64. The summed E-state index contributed by atoms with van der Waals surface area (Å²) in [7, 11) is 1.47. The summed E-state index contributed by atoms with van der Waals surface area (Å²) in [4.78, 5) is 12.3. The van der Waals surface area contributed by atoms with Gasteiger partial charge in [0.05, 0.1) is 17.8 Å². The minimum Gasteiger partial charge on any atom is -0.507 e. The van der Waals surface area contributed by atoms with E-state index in [1.165, 1.54) is 37.5 Å². The Hall–Kier alpha value is -2.68. The number of phenolic OH excluding ortho intramolecular Hbond substituents is 1. The number of nitrogens with zero attached hydrogens (tertiary/aromatic N) is 1. The predicted octanol–water partition coefficient (Wildman–Crippen LogP) is 4.25. The zero-order valence-corrected chi connectivity index (χ0v) is 14.0. The van der Waals surface area contributed by atoms with Crippen LogP contribution in [0.2, 0.25) is 10.0 Å². The highest BCUT2D eigenvalue weighted by molar-refractivity contribution is 6.36. The van der Waals surface area contributed by atoms with Crippen molar-refractivity contribution in [2.45, 2.75) is 0 Å². The molecule has 0 unspecified atom stereocenters. The predicted molar refractivity (Wildman–Crippen MR) is 93.3 cm³/mol. The summed E-state index contributed by atoms with van der Waals surface area (Å²) >= 11 is 11.8. The highest BCUT2D eigenvalue weighted by Gasteiger charge is 2.13. The number of amides is 1. The number of rotatable bonds is 4. The molecule has 2 N–H and O–H groups in total. The van der Waals surface area contributed by atoms with Gasteiger partial charge in [-0.05, 0) is 42.5 Å². The Balaban J connectivity index is 2.32. The molecule has 2 aromatic rings. The number of ether oxygens (including phenoxy) is 1. The normalized spacial score (nSPS) is 10.8. The highest BCUT2D eigenvalue weighted by atomic mass is 35.5. The Morgan fingerprint density at radius 1 is 1.29 bits per heavy atom. The molecule has 0 saturated heterocycles. The van der Waals surface area contributed by atoms with E-state index in [9.17, 15) is 15.2 Å². The maximum Gasteiger partial charge on any atom is 0.266 e. The molecule has 0 aliphatic heterocycles. The molecule has 24 heavy (non-hydrogen) atoms. The number of carbonyl (C=O) groups excluding carboxylic acids is 1. The van der Waals surface area contributed by atoms with E-state index in [2.05, 4.69) is 5.32 Å². The zero-order valence-electron chi connectivity index (χ0n) is 12.5. The lowest BCUT2D eigenvalue weighted by Gasteiger charge is -2.08. The summed E-state index contributed by atoms with van der Waals surface area (Å²) < 4.78 is 5.05. The Morgan fingerprint density at radius 3 is 2.71 bits per heavy atom. The molecule has 0 spiro atoms. The number of benzene rings is 2. The molecule has 7 heteroatoms. The average molecular weight is 363 g/mol. The van der Waals surface area contributed by atoms with Gasteiger partial charge in [-0.15, -0.1) is 0 Å². The van der Waals surface area contributed by atoms with E-state index in [-0.39, 0.29) is 27.6 Å². The van der Waals surface area contributed by atoms with Gasteiger partial charge in [-0.2, -0.15) is 5.26 Å². The molecule has 2 rings (SSSR count). The van der Waals surface area contributed by atoms with Crippen LogP contribution in [-0.2, 0) is 4.79 Å². The van der Waals surface area contributed by atoms with Gasteiger partial charge >= 0.3 is 0 Å². The molecule has 0 aliphatic rings. The maximum atomic E-state index is 12.3. The maximum absolute atomic E-state index is 12.3. The summed E-state index contributed by atoms with van der Waals surface area (Å²) in [5.74, 6) is -0.282. The Labute approximate surface area is 148 Å². The van der Waals surface area contributed by atoms with Crippen LogP contribution in [0.15, 0.2) is 42.0 Å². The molecule has 0 aromatic heterocycles. The summed E-state index contributed by atoms with van der Waals surface area (Å²) in [5.41, 5.74) is 0.345. The van der Waals surface area contributed by atoms with E-state index in [1.54, 1.807) is 18.2 Å². The smallest absolute Gasteiger partial charge is 0.266 e. The van der Waals surface area contributed by atoms with Crippen LogP contribution in [0.1, 0.15) is 5.56 Å². The Morgan fingerprint density at radius 2 is 2.04 bits per heavy atom. The Bertz CT molecular complexity index is 857. The van der Waals surface area contributed by atoms with E-state index < -0.39 is 5.91 Å². The quantitative estimate of drug-likeness (QED) is 0.628. The number of nitrogens with one attached hydrogen (secondary N) is 1. The summed E-state index contributed by atoms with van der Waals surface area (Å²) in [6.07, 6.45) is 1.26. The number of halogens is 2. The first-order valence-electron chi connectivity index (χ1n) is 6.70. The van der Waals surface area contributed by atoms with Crippen molar-refractivity contribution < 1.29 is 14.6 Å². The first-order valence-corrected chi connectivity index (χ1v) is 7.45. The molecule has 0 radical (unpaired) electrons. The lowest BCUT2D eigenvalue weighted by atomic mass is 10.1. The van der Waals surface area contributed by atoms with Gasteiger partial charge in [-0.25, -0.2) is 0 Å². The van der Waals surface area contributed by atoms with Crippen molar-refractivity contribution in [3.8, 4) is 17.6 Å². The number of aromatic hydroxyl groups is 1. The van der Waals surface area contributed by atoms with Crippen LogP contribution in [0.3, 0.4) is 0 Å². The van der Waals surface area contributed by atoms with Gasteiger partial charge in [0.15, 0.2) is 0 Å². The number of methoxy groups -OCH3 is 1. The number of hydrogen-bond donors (Lipinski definition) is 2. The molecular weight excluding hydrogens is 351 g/mol. The molecule has 5 nitrogen and oxygen atoms in total. The molecule has 0 fully saturated rings. The van der Waals surface area contributed by atoms with Crippen molar-refractivity contribution in [2.75, 3.05) is 12.4 Å². The molecule has 0 bridgehead atoms. The van der Waals surface area contributed by atoms with Crippen molar-refractivity contribution in [1.29, 1.82) is 5.26 Å². The molecule has 0 saturated carbocycles. The minimum atomic E-state index is -0.677. The number of phenols is 1. The second-order valence-corrected chi connectivity index (χ2v) is 5.52. The standard InChI is InChI=1S/C17H12Cl2N2O3/c1-24-13-3-5-16(22)10(7-13)6-11(9-20)17(23)21-15-8-12(18)2-4-14(15)19/h2-8,22H,1H3,(H,21,23)/b11-6+. The van der Waals surface area contributed by atoms with E-state index in [0.717, 1.165) is 0 Å². The van der Waals surface area contributed by atoms with Gasteiger partial charge in [0.1, 0.15) is 23.1 Å². The number of carbonyl (C=O) groups is 1. The van der Waals surface area contributed by atoms with Gasteiger partial charge in [-0.3, -0.25) is 4.79 Å². The van der Waals surface area contributed by atoms with Crippen molar-refractivity contribution in [3.05, 3.63) is 57.6 Å². The number of nitriles is 1. The van der Waals surface area contributed by atoms with Crippen LogP contribution in [0.4, 0.5) is 5.69 Å². The fraction of sp³-hybridized carbons (Fsp3) is 0.0588. The van der Waals surface area contributed by atoms with Crippen molar-refractivity contribution in [3.63, 3.8) is 0 Å². The van der Waals surface area contributed by atoms with Crippen molar-refractivity contribution in [2.24, 2.45) is 0 Å². The second-order valence-electron chi connectivity index (χ2n) is 4.67. The topological polar surface area (TPSA) is 82.3 Å². The molecule has 2 aromatic carbocycles. The monoisotopic (exact) mass is 362 g/mol. The zero-order chi connectivity index (χ0) is 17.7. The summed E-state index contributed by atoms with van der Waals surface area (Å²) in [6.45, 7) is 0. The largest absolute Gasteiger partial charge is 0.507 e. The van der Waals surface area contributed by atoms with E-state index >= 15 is 0 Å². The van der Waals surface area contributed by atoms with E-state index in [0.29, 0.717) is 10.8 Å². The summed E-state index contributed by atoms with van der Waals surface area (Å²) in [5, 5.41) is 22.3. The van der Waals surface area contributed by atoms with Gasteiger partial charge in [0, 0.05) is 10.6 Å². The molecule has 0 atom stereocenters. The van der Waals surface area contributed by atoms with Crippen LogP contribution in [0.25, 0.3) is 6.08 Å². The number of hydrogen-bond acceptors (Lipinski definition) is 4. The third-order valence-electron chi connectivity index (χ3n) is 3.08. The molecule has 0 heterocycles. The average Bonchev–Trinajstić information content (AvgIpc) is 2.57. The van der Waals surface area contributed by atoms with Crippen LogP contribution in [-0.4, -0.2) is 18.1 Å². The number of anilines is 1. The van der Waals surface area contributed by atoms with Gasteiger partial charge in [-0.1, -0.05) is 23.2 Å². The van der Waals surface area contributed by atoms with Crippen LogP contribution in [0, 0.1) is 11.3 Å². The van der Waals surface area contributed by atoms with Gasteiger partial charge < -0.3 is 15.2 Å². The minimum absolute atomic E-state index is 0.0860. The van der Waals surface area contributed by atoms with Crippen LogP contribution >= 0.6 is 23.2 Å².